The molecular weight excluding hydrogens is 511 g/mol. The predicted molar refractivity (Wildman–Crippen MR) is 146 cm³/mol. The van der Waals surface area contributed by atoms with E-state index in [1.54, 1.807) is 37.4 Å². The lowest BCUT2D eigenvalue weighted by Crippen LogP contribution is -2.29. The number of imidazole rings is 1. The van der Waals surface area contributed by atoms with Crippen LogP contribution in [0.2, 0.25) is 5.02 Å². The Kier molecular flexibility index (Phi) is 6.60. The zero-order valence-corrected chi connectivity index (χ0v) is 22.4. The number of carbonyl (C=O) groups excluding carboxylic acids is 1. The quantitative estimate of drug-likeness (QED) is 0.345. The Bertz CT molecular complexity index is 1520. The normalized spacial score (nSPS) is 18.5. The van der Waals surface area contributed by atoms with Crippen LogP contribution in [0.25, 0.3) is 17.1 Å². The summed E-state index contributed by atoms with van der Waals surface area (Å²) >= 11 is 12.9. The van der Waals surface area contributed by atoms with Crippen LogP contribution in [0.3, 0.4) is 0 Å². The lowest BCUT2D eigenvalue weighted by Gasteiger charge is -2.37. The van der Waals surface area contributed by atoms with E-state index in [1.165, 1.54) is 0 Å². The van der Waals surface area contributed by atoms with Crippen LogP contribution in [0.5, 0.6) is 5.75 Å². The van der Waals surface area contributed by atoms with Crippen molar-refractivity contribution in [1.82, 2.24) is 14.5 Å². The molecule has 9 heteroatoms. The number of para-hydroxylation sites is 1. The fraction of sp³-hybridized carbons (Fsp3) is 0.250. The number of benzene rings is 1. The standard InChI is InChI=1S/C28H26Cl2N4O3/c1-5-37-28(36)25-26-24(32-21-12-17(29)13-31-15(21)3)19-10-11-20(30)14(2)23(19)16(4)34(26)27(33-25)18-8-6-7-9-22(18)35/h6-14,24,32,35H,5H2,1-4H3. The van der Waals surface area contributed by atoms with Gasteiger partial charge in [-0.1, -0.05) is 48.3 Å². The summed E-state index contributed by atoms with van der Waals surface area (Å²) < 4.78 is 7.34. The molecule has 0 saturated heterocycles. The average molecular weight is 537 g/mol. The maximum absolute atomic E-state index is 13.3. The maximum atomic E-state index is 13.3. The van der Waals surface area contributed by atoms with E-state index in [0.717, 1.165) is 28.2 Å². The summed E-state index contributed by atoms with van der Waals surface area (Å²) in [5.74, 6) is -0.150. The van der Waals surface area contributed by atoms with Gasteiger partial charge in [0, 0.05) is 22.8 Å². The summed E-state index contributed by atoms with van der Waals surface area (Å²) in [6, 6.07) is 8.22. The van der Waals surface area contributed by atoms with Crippen LogP contribution < -0.4 is 5.32 Å². The molecule has 37 heavy (non-hydrogen) atoms. The van der Waals surface area contributed by atoms with Gasteiger partial charge in [-0.05, 0) is 56.2 Å². The number of carbonyl (C=O) groups is 1. The van der Waals surface area contributed by atoms with Gasteiger partial charge in [0.05, 0.1) is 40.3 Å². The highest BCUT2D eigenvalue weighted by Gasteiger charge is 2.40. The molecule has 3 aromatic rings. The van der Waals surface area contributed by atoms with E-state index >= 15 is 0 Å². The number of anilines is 1. The molecule has 0 amide bonds. The molecule has 2 atom stereocenters. The van der Waals surface area contributed by atoms with Gasteiger partial charge in [0.15, 0.2) is 5.69 Å². The number of phenols is 1. The third-order valence-corrected chi connectivity index (χ3v) is 7.43. The van der Waals surface area contributed by atoms with Crippen LogP contribution in [0, 0.1) is 12.8 Å². The first-order chi connectivity index (χ1) is 17.7. The number of rotatable bonds is 5. The first kappa shape index (κ1) is 25.1. The highest BCUT2D eigenvalue weighted by molar-refractivity contribution is 6.31. The van der Waals surface area contributed by atoms with Gasteiger partial charge in [-0.2, -0.15) is 0 Å². The number of phenolic OH excluding ortho intramolecular Hbond substituents is 1. The number of nitrogens with one attached hydrogen (secondary N) is 1. The largest absolute Gasteiger partial charge is 0.507 e. The van der Waals surface area contributed by atoms with E-state index in [1.807, 2.05) is 43.6 Å². The Morgan fingerprint density at radius 2 is 1.97 bits per heavy atom. The molecule has 0 saturated carbocycles. The minimum Gasteiger partial charge on any atom is -0.507 e. The minimum absolute atomic E-state index is 0.0545. The minimum atomic E-state index is -0.546. The molecule has 190 valence electrons. The number of halogens is 2. The third-order valence-electron chi connectivity index (χ3n) is 6.77. The smallest absolute Gasteiger partial charge is 0.358 e. The molecule has 0 bridgehead atoms. The average Bonchev–Trinajstić information content (AvgIpc) is 3.27. The zero-order valence-electron chi connectivity index (χ0n) is 20.8. The van der Waals surface area contributed by atoms with Crippen molar-refractivity contribution in [2.24, 2.45) is 5.92 Å². The first-order valence-corrected chi connectivity index (χ1v) is 12.7. The molecule has 0 fully saturated rings. The SMILES string of the molecule is CCOC(=O)c1nc(-c2ccccc2O)n2c1C(Nc1cc(Cl)cnc1C)C1=CC=C(Cl)C(C)C1=C2C. The Hall–Kier alpha value is -3.55. The van der Waals surface area contributed by atoms with Crippen LogP contribution in [0.1, 0.15) is 48.7 Å². The van der Waals surface area contributed by atoms with Crippen molar-refractivity contribution in [3.8, 4) is 17.1 Å². The summed E-state index contributed by atoms with van der Waals surface area (Å²) in [5, 5.41) is 15.5. The van der Waals surface area contributed by atoms with Gasteiger partial charge in [-0.3, -0.25) is 9.55 Å². The van der Waals surface area contributed by atoms with E-state index in [2.05, 4.69) is 10.3 Å². The summed E-state index contributed by atoms with van der Waals surface area (Å²) in [4.78, 5) is 22.4. The number of aromatic nitrogens is 3. The first-order valence-electron chi connectivity index (χ1n) is 12.0. The van der Waals surface area contributed by atoms with Crippen LogP contribution in [-0.4, -0.2) is 32.2 Å². The number of nitrogens with zero attached hydrogens (tertiary/aromatic N) is 3. The van der Waals surface area contributed by atoms with Gasteiger partial charge in [0.1, 0.15) is 11.6 Å². The predicted octanol–water partition coefficient (Wildman–Crippen LogP) is 6.89. The summed E-state index contributed by atoms with van der Waals surface area (Å²) in [6.07, 6.45) is 5.45. The summed E-state index contributed by atoms with van der Waals surface area (Å²) in [7, 11) is 0. The highest BCUT2D eigenvalue weighted by atomic mass is 35.5. The number of esters is 1. The van der Waals surface area contributed by atoms with E-state index in [9.17, 15) is 9.90 Å². The van der Waals surface area contributed by atoms with Crippen LogP contribution in [0.15, 0.2) is 64.9 Å². The second kappa shape index (κ2) is 9.72. The van der Waals surface area contributed by atoms with Gasteiger partial charge in [0.2, 0.25) is 0 Å². The highest BCUT2D eigenvalue weighted by Crippen LogP contribution is 2.49. The Morgan fingerprint density at radius 3 is 2.70 bits per heavy atom. The van der Waals surface area contributed by atoms with Crippen LogP contribution in [-0.2, 0) is 4.74 Å². The number of hydrogen-bond acceptors (Lipinski definition) is 6. The Morgan fingerprint density at radius 1 is 1.22 bits per heavy atom. The number of aromatic hydroxyl groups is 1. The lowest BCUT2D eigenvalue weighted by atomic mass is 9.80. The third kappa shape index (κ3) is 4.22. The molecule has 0 spiro atoms. The molecule has 2 aromatic heterocycles. The molecule has 0 radical (unpaired) electrons. The lowest BCUT2D eigenvalue weighted by molar-refractivity contribution is 0.0518. The van der Waals surface area contributed by atoms with Crippen molar-refractivity contribution < 1.29 is 14.6 Å². The molecule has 2 aliphatic rings. The van der Waals surface area contributed by atoms with E-state index in [0.29, 0.717) is 27.1 Å². The number of fused-ring (bicyclic) bond motifs is 2. The zero-order chi connectivity index (χ0) is 26.4. The van der Waals surface area contributed by atoms with Crippen molar-refractivity contribution in [3.63, 3.8) is 0 Å². The topological polar surface area (TPSA) is 89.3 Å². The van der Waals surface area contributed by atoms with Gasteiger partial charge in [-0.25, -0.2) is 9.78 Å². The number of pyridine rings is 1. The van der Waals surface area contributed by atoms with Crippen molar-refractivity contribution in [3.05, 3.63) is 87.0 Å². The molecule has 3 heterocycles. The molecule has 7 nitrogen and oxygen atoms in total. The Balaban J connectivity index is 1.84. The van der Waals surface area contributed by atoms with Gasteiger partial charge < -0.3 is 15.2 Å². The van der Waals surface area contributed by atoms with Crippen molar-refractivity contribution >= 4 is 40.6 Å². The number of allylic oxidation sites excluding steroid dienone is 4. The molecular formula is C28H26Cl2N4O3. The van der Waals surface area contributed by atoms with E-state index in [4.69, 9.17) is 32.9 Å². The maximum Gasteiger partial charge on any atom is 0.358 e. The molecule has 2 N–H and O–H groups in total. The van der Waals surface area contributed by atoms with Gasteiger partial charge in [-0.15, -0.1) is 0 Å². The molecule has 1 aromatic carbocycles. The molecule has 1 aliphatic heterocycles. The van der Waals surface area contributed by atoms with Crippen molar-refractivity contribution in [1.29, 1.82) is 0 Å². The summed E-state index contributed by atoms with van der Waals surface area (Å²) in [6.45, 7) is 7.85. The van der Waals surface area contributed by atoms with Crippen molar-refractivity contribution in [2.75, 3.05) is 11.9 Å². The second-order valence-electron chi connectivity index (χ2n) is 9.00. The Labute approximate surface area is 225 Å². The van der Waals surface area contributed by atoms with E-state index < -0.39 is 12.0 Å². The number of hydrogen-bond donors (Lipinski definition) is 2. The molecule has 2 unspecified atom stereocenters. The van der Waals surface area contributed by atoms with Gasteiger partial charge in [0.25, 0.3) is 0 Å². The fourth-order valence-corrected chi connectivity index (χ4v) is 5.35. The van der Waals surface area contributed by atoms with Crippen LogP contribution in [0.4, 0.5) is 5.69 Å². The van der Waals surface area contributed by atoms with Gasteiger partial charge >= 0.3 is 5.97 Å². The summed E-state index contributed by atoms with van der Waals surface area (Å²) in [5.41, 5.74) is 5.55. The van der Waals surface area contributed by atoms with Crippen LogP contribution >= 0.6 is 23.2 Å². The monoisotopic (exact) mass is 536 g/mol. The molecule has 1 aliphatic carbocycles. The molecule has 5 rings (SSSR count). The number of aryl methyl sites for hydroxylation is 1. The second-order valence-corrected chi connectivity index (χ2v) is 9.87. The number of ether oxygens (including phenoxy) is 1. The fourth-order valence-electron chi connectivity index (χ4n) is 5.02. The van der Waals surface area contributed by atoms with E-state index in [-0.39, 0.29) is 24.0 Å². The van der Waals surface area contributed by atoms with Crippen molar-refractivity contribution in [2.45, 2.75) is 33.7 Å².